The fourth-order valence-corrected chi connectivity index (χ4v) is 3.00. The summed E-state index contributed by atoms with van der Waals surface area (Å²) in [5.41, 5.74) is 6.20. The lowest BCUT2D eigenvalue weighted by atomic mass is 9.84. The Morgan fingerprint density at radius 2 is 2.28 bits per heavy atom. The van der Waals surface area contributed by atoms with E-state index in [1.54, 1.807) is 11.8 Å². The van der Waals surface area contributed by atoms with Crippen LogP contribution in [-0.2, 0) is 0 Å². The second-order valence-corrected chi connectivity index (χ2v) is 5.93. The molecule has 3 N–H and O–H groups in total. The number of nitrogens with two attached hydrogens (primary N) is 1. The largest absolute Gasteiger partial charge is 0.398 e. The van der Waals surface area contributed by atoms with Gasteiger partial charge in [-0.2, -0.15) is 11.8 Å². The van der Waals surface area contributed by atoms with Gasteiger partial charge in [0.1, 0.15) is 5.82 Å². The van der Waals surface area contributed by atoms with Crippen LogP contribution in [0.2, 0.25) is 0 Å². The number of thioether (sulfide) groups is 1. The summed E-state index contributed by atoms with van der Waals surface area (Å²) < 4.78 is 13.3. The summed E-state index contributed by atoms with van der Waals surface area (Å²) >= 11 is 1.78. The summed E-state index contributed by atoms with van der Waals surface area (Å²) in [5, 5.41) is 2.85. The van der Waals surface area contributed by atoms with Gasteiger partial charge in [0.2, 0.25) is 0 Å². The molecule has 18 heavy (non-hydrogen) atoms. The van der Waals surface area contributed by atoms with Gasteiger partial charge in [0.15, 0.2) is 0 Å². The van der Waals surface area contributed by atoms with Crippen LogP contribution in [0.3, 0.4) is 0 Å². The summed E-state index contributed by atoms with van der Waals surface area (Å²) in [4.78, 5) is 12.0. The molecule has 2 rings (SSSR count). The van der Waals surface area contributed by atoms with E-state index < -0.39 is 5.82 Å². The molecular weight excluding hydrogens is 251 g/mol. The van der Waals surface area contributed by atoms with E-state index in [2.05, 4.69) is 11.6 Å². The zero-order valence-electron chi connectivity index (χ0n) is 10.3. The summed E-state index contributed by atoms with van der Waals surface area (Å²) in [6.45, 7) is 0.614. The molecule has 1 saturated carbocycles. The fraction of sp³-hybridized carbons (Fsp3) is 0.462. The lowest BCUT2D eigenvalue weighted by Gasteiger charge is -2.40. The normalized spacial score (nSPS) is 17.0. The van der Waals surface area contributed by atoms with E-state index in [0.29, 0.717) is 12.2 Å². The highest BCUT2D eigenvalue weighted by Crippen LogP contribution is 2.42. The van der Waals surface area contributed by atoms with Crippen molar-refractivity contribution in [3.63, 3.8) is 0 Å². The maximum absolute atomic E-state index is 13.1. The first-order valence-corrected chi connectivity index (χ1v) is 7.17. The quantitative estimate of drug-likeness (QED) is 0.825. The number of nitrogen functional groups attached to an aromatic ring is 1. The van der Waals surface area contributed by atoms with Gasteiger partial charge in [0.25, 0.3) is 5.91 Å². The van der Waals surface area contributed by atoms with Crippen molar-refractivity contribution in [1.29, 1.82) is 0 Å². The van der Waals surface area contributed by atoms with Gasteiger partial charge in [-0.1, -0.05) is 6.42 Å². The first-order valence-electron chi connectivity index (χ1n) is 5.95. The lowest BCUT2D eigenvalue weighted by Crippen LogP contribution is -2.45. The number of carbonyl (C=O) groups excluding carboxylic acids is 1. The molecule has 98 valence electrons. The van der Waals surface area contributed by atoms with Crippen molar-refractivity contribution in [2.24, 2.45) is 0 Å². The number of nitrogens with one attached hydrogen (secondary N) is 1. The maximum atomic E-state index is 13.1. The van der Waals surface area contributed by atoms with Gasteiger partial charge in [-0.05, 0) is 37.3 Å². The number of halogens is 1. The zero-order chi connectivity index (χ0) is 13.2. The van der Waals surface area contributed by atoms with Crippen LogP contribution in [0.25, 0.3) is 0 Å². The predicted octanol–water partition coefficient (Wildman–Crippen LogP) is 2.42. The Bertz CT molecular complexity index is 455. The average molecular weight is 268 g/mol. The Kier molecular flexibility index (Phi) is 3.80. The number of rotatable bonds is 4. The molecule has 5 heteroatoms. The summed E-state index contributed by atoms with van der Waals surface area (Å²) in [6, 6.07) is 3.84. The molecule has 3 nitrogen and oxygen atoms in total. The molecule has 1 aliphatic rings. The van der Waals surface area contributed by atoms with Crippen LogP contribution in [0.5, 0.6) is 0 Å². The molecule has 0 bridgehead atoms. The SMILES string of the molecule is CSC1(CNC(=O)c2cc(F)ccc2N)CCC1. The van der Waals surface area contributed by atoms with Gasteiger partial charge in [0.05, 0.1) is 5.56 Å². The number of benzene rings is 1. The average Bonchev–Trinajstić information content (AvgIpc) is 2.31. The Morgan fingerprint density at radius 1 is 1.56 bits per heavy atom. The van der Waals surface area contributed by atoms with Crippen molar-refractivity contribution in [1.82, 2.24) is 5.32 Å². The molecule has 1 aromatic rings. The molecule has 0 atom stereocenters. The predicted molar refractivity (Wildman–Crippen MR) is 73.2 cm³/mol. The molecule has 0 spiro atoms. The summed E-state index contributed by atoms with van der Waals surface area (Å²) in [5.74, 6) is -0.745. The topological polar surface area (TPSA) is 55.1 Å². The van der Waals surface area contributed by atoms with Crippen molar-refractivity contribution in [2.45, 2.75) is 24.0 Å². The van der Waals surface area contributed by atoms with Crippen molar-refractivity contribution in [3.8, 4) is 0 Å². The Balaban J connectivity index is 2.01. The Labute approximate surface area is 110 Å². The molecule has 1 fully saturated rings. The van der Waals surface area contributed by atoms with Gasteiger partial charge < -0.3 is 11.1 Å². The van der Waals surface area contributed by atoms with Gasteiger partial charge in [-0.15, -0.1) is 0 Å². The first-order chi connectivity index (χ1) is 8.56. The van der Waals surface area contributed by atoms with Crippen LogP contribution in [0, 0.1) is 5.82 Å². The van der Waals surface area contributed by atoms with E-state index in [4.69, 9.17) is 5.73 Å². The fourth-order valence-electron chi connectivity index (χ4n) is 2.09. The lowest BCUT2D eigenvalue weighted by molar-refractivity contribution is 0.0944. The van der Waals surface area contributed by atoms with E-state index in [9.17, 15) is 9.18 Å². The number of carbonyl (C=O) groups is 1. The molecule has 1 aromatic carbocycles. The second-order valence-electron chi connectivity index (χ2n) is 4.65. The van der Waals surface area contributed by atoms with Crippen molar-refractivity contribution in [3.05, 3.63) is 29.6 Å². The summed E-state index contributed by atoms with van der Waals surface area (Å²) in [7, 11) is 0. The molecule has 0 aliphatic heterocycles. The number of amides is 1. The smallest absolute Gasteiger partial charge is 0.253 e. The van der Waals surface area contributed by atoms with E-state index in [0.717, 1.165) is 12.8 Å². The van der Waals surface area contributed by atoms with Crippen LogP contribution in [0.4, 0.5) is 10.1 Å². The molecule has 0 heterocycles. The number of hydrogen-bond donors (Lipinski definition) is 2. The minimum absolute atomic E-state index is 0.164. The standard InChI is InChI=1S/C13H17FN2OS/c1-18-13(5-2-6-13)8-16-12(17)10-7-9(14)3-4-11(10)15/h3-4,7H,2,5-6,8,15H2,1H3,(H,16,17). The third-order valence-corrected chi connectivity index (χ3v) is 4.95. The van der Waals surface area contributed by atoms with Crippen molar-refractivity contribution in [2.75, 3.05) is 18.5 Å². The molecule has 1 amide bonds. The third-order valence-electron chi connectivity index (χ3n) is 3.53. The van der Waals surface area contributed by atoms with Gasteiger partial charge in [-0.3, -0.25) is 4.79 Å². The third kappa shape index (κ3) is 2.61. The molecule has 0 unspecified atom stereocenters. The highest BCUT2D eigenvalue weighted by Gasteiger charge is 2.36. The second kappa shape index (κ2) is 5.18. The maximum Gasteiger partial charge on any atom is 0.253 e. The van der Waals surface area contributed by atoms with E-state index >= 15 is 0 Å². The van der Waals surface area contributed by atoms with E-state index in [-0.39, 0.29) is 16.2 Å². The molecule has 0 aromatic heterocycles. The molecular formula is C13H17FN2OS. The van der Waals surface area contributed by atoms with Crippen LogP contribution in [0.1, 0.15) is 29.6 Å². The minimum Gasteiger partial charge on any atom is -0.398 e. The van der Waals surface area contributed by atoms with E-state index in [1.165, 1.54) is 24.6 Å². The highest BCUT2D eigenvalue weighted by molar-refractivity contribution is 8.00. The van der Waals surface area contributed by atoms with Gasteiger partial charge >= 0.3 is 0 Å². The zero-order valence-corrected chi connectivity index (χ0v) is 11.1. The van der Waals surface area contributed by atoms with Crippen LogP contribution < -0.4 is 11.1 Å². The Morgan fingerprint density at radius 3 is 2.83 bits per heavy atom. The van der Waals surface area contributed by atoms with Gasteiger partial charge in [-0.25, -0.2) is 4.39 Å². The van der Waals surface area contributed by atoms with Crippen molar-refractivity contribution < 1.29 is 9.18 Å². The monoisotopic (exact) mass is 268 g/mol. The van der Waals surface area contributed by atoms with E-state index in [1.807, 2.05) is 0 Å². The minimum atomic E-state index is -0.447. The van der Waals surface area contributed by atoms with Gasteiger partial charge in [0, 0.05) is 17.0 Å². The molecule has 1 aliphatic carbocycles. The number of hydrogen-bond acceptors (Lipinski definition) is 3. The van der Waals surface area contributed by atoms with Crippen molar-refractivity contribution >= 4 is 23.4 Å². The first kappa shape index (κ1) is 13.2. The Hall–Kier alpha value is -1.23. The summed E-state index contributed by atoms with van der Waals surface area (Å²) in [6.07, 6.45) is 5.50. The highest BCUT2D eigenvalue weighted by atomic mass is 32.2. The molecule has 0 radical (unpaired) electrons. The van der Waals surface area contributed by atoms with Crippen LogP contribution >= 0.6 is 11.8 Å². The van der Waals surface area contributed by atoms with Crippen LogP contribution in [0.15, 0.2) is 18.2 Å². The molecule has 0 saturated heterocycles. The number of anilines is 1. The van der Waals surface area contributed by atoms with Crippen LogP contribution in [-0.4, -0.2) is 23.5 Å².